The fourth-order valence-corrected chi connectivity index (χ4v) is 2.91. The number of amides is 2. The highest BCUT2D eigenvalue weighted by atomic mass is 35.5. The molecule has 7 nitrogen and oxygen atoms in total. The number of carbonyl (C=O) groups is 2. The Morgan fingerprint density at radius 3 is 2.69 bits per heavy atom. The van der Waals surface area contributed by atoms with Crippen molar-refractivity contribution in [2.75, 3.05) is 12.4 Å². The maximum Gasteiger partial charge on any atom is 0.264 e. The average molecular weight is 420 g/mol. The van der Waals surface area contributed by atoms with Crippen molar-refractivity contribution in [2.45, 2.75) is 25.5 Å². The van der Waals surface area contributed by atoms with Crippen molar-refractivity contribution in [2.24, 2.45) is 5.16 Å². The summed E-state index contributed by atoms with van der Waals surface area (Å²) in [6, 6.07) is 9.59. The van der Waals surface area contributed by atoms with E-state index in [9.17, 15) is 14.0 Å². The molecule has 2 unspecified atom stereocenters. The van der Waals surface area contributed by atoms with Crippen LogP contribution in [0.2, 0.25) is 5.02 Å². The molecule has 1 aliphatic heterocycles. The lowest BCUT2D eigenvalue weighted by Gasteiger charge is -2.16. The van der Waals surface area contributed by atoms with Crippen LogP contribution in [0.15, 0.2) is 47.6 Å². The van der Waals surface area contributed by atoms with E-state index in [1.807, 2.05) is 0 Å². The summed E-state index contributed by atoms with van der Waals surface area (Å²) in [5.74, 6) is -0.731. The molecule has 2 amide bonds. The predicted octanol–water partition coefficient (Wildman–Crippen LogP) is 3.12. The summed E-state index contributed by atoms with van der Waals surface area (Å²) in [5, 5.41) is 9.59. The van der Waals surface area contributed by atoms with Crippen LogP contribution in [0.5, 0.6) is 5.75 Å². The van der Waals surface area contributed by atoms with Gasteiger partial charge in [0.25, 0.3) is 5.91 Å². The van der Waals surface area contributed by atoms with Gasteiger partial charge in [0.15, 0.2) is 0 Å². The maximum atomic E-state index is 12.9. The van der Waals surface area contributed by atoms with Crippen molar-refractivity contribution in [1.29, 1.82) is 0 Å². The van der Waals surface area contributed by atoms with Crippen molar-refractivity contribution in [1.82, 2.24) is 5.32 Å². The van der Waals surface area contributed by atoms with Crippen LogP contribution >= 0.6 is 11.6 Å². The molecule has 152 valence electrons. The minimum absolute atomic E-state index is 0.199. The van der Waals surface area contributed by atoms with Gasteiger partial charge in [-0.05, 0) is 49.4 Å². The topological polar surface area (TPSA) is 89.0 Å². The summed E-state index contributed by atoms with van der Waals surface area (Å²) in [7, 11) is 1.54. The SMILES string of the molecule is COc1ccc(Cl)c(C2=NOC(C(=O)NC(C)C(=O)Nc3ccc(F)cc3)C2)c1. The van der Waals surface area contributed by atoms with Gasteiger partial charge in [-0.3, -0.25) is 9.59 Å². The minimum Gasteiger partial charge on any atom is -0.497 e. The van der Waals surface area contributed by atoms with Crippen molar-refractivity contribution in [3.8, 4) is 5.75 Å². The molecule has 2 atom stereocenters. The van der Waals surface area contributed by atoms with Gasteiger partial charge in [-0.15, -0.1) is 0 Å². The predicted molar refractivity (Wildman–Crippen MR) is 107 cm³/mol. The number of carbonyl (C=O) groups excluding carboxylic acids is 2. The van der Waals surface area contributed by atoms with Crippen LogP contribution in [0, 0.1) is 5.82 Å². The van der Waals surface area contributed by atoms with Crippen molar-refractivity contribution in [3.05, 3.63) is 58.9 Å². The number of nitrogens with one attached hydrogen (secondary N) is 2. The van der Waals surface area contributed by atoms with Crippen molar-refractivity contribution >= 4 is 34.8 Å². The second-order valence-electron chi connectivity index (χ2n) is 6.41. The molecule has 0 aromatic heterocycles. The number of halogens is 2. The molecule has 3 rings (SSSR count). The number of rotatable bonds is 6. The highest BCUT2D eigenvalue weighted by Crippen LogP contribution is 2.27. The lowest BCUT2D eigenvalue weighted by molar-refractivity contribution is -0.134. The number of ether oxygens (including phenoxy) is 1. The molecular formula is C20H19ClFN3O4. The number of oxime groups is 1. The van der Waals surface area contributed by atoms with Gasteiger partial charge in [0.1, 0.15) is 17.6 Å². The molecule has 9 heteroatoms. The third-order valence-electron chi connectivity index (χ3n) is 4.31. The van der Waals surface area contributed by atoms with Gasteiger partial charge >= 0.3 is 0 Å². The monoisotopic (exact) mass is 419 g/mol. The summed E-state index contributed by atoms with van der Waals surface area (Å²) in [5.41, 5.74) is 1.55. The van der Waals surface area contributed by atoms with Crippen LogP contribution in [0.25, 0.3) is 0 Å². The number of hydrogen-bond donors (Lipinski definition) is 2. The third-order valence-corrected chi connectivity index (χ3v) is 4.64. The largest absolute Gasteiger partial charge is 0.497 e. The van der Waals surface area contributed by atoms with E-state index < -0.39 is 29.8 Å². The number of hydrogen-bond acceptors (Lipinski definition) is 5. The van der Waals surface area contributed by atoms with E-state index in [-0.39, 0.29) is 6.42 Å². The van der Waals surface area contributed by atoms with Crippen LogP contribution in [0.4, 0.5) is 10.1 Å². The Morgan fingerprint density at radius 1 is 1.28 bits per heavy atom. The Hall–Kier alpha value is -3.13. The van der Waals surface area contributed by atoms with Crippen LogP contribution in [0.3, 0.4) is 0 Å². The zero-order chi connectivity index (χ0) is 21.0. The lowest BCUT2D eigenvalue weighted by Crippen LogP contribution is -2.46. The van der Waals surface area contributed by atoms with Gasteiger partial charge in [0, 0.05) is 17.7 Å². The first-order valence-corrected chi connectivity index (χ1v) is 9.18. The Bertz CT molecular complexity index is 949. The number of anilines is 1. The van der Waals surface area contributed by atoms with Gasteiger partial charge in [-0.1, -0.05) is 16.8 Å². The minimum atomic E-state index is -0.881. The Morgan fingerprint density at radius 2 is 2.00 bits per heavy atom. The zero-order valence-electron chi connectivity index (χ0n) is 15.7. The molecule has 0 fully saturated rings. The fraction of sp³-hybridized carbons (Fsp3) is 0.250. The summed E-state index contributed by atoms with van der Waals surface area (Å²) in [4.78, 5) is 29.9. The normalized spacial score (nSPS) is 16.4. The van der Waals surface area contributed by atoms with Crippen LogP contribution in [-0.2, 0) is 14.4 Å². The summed E-state index contributed by atoms with van der Waals surface area (Å²) >= 11 is 6.20. The highest BCUT2D eigenvalue weighted by Gasteiger charge is 2.31. The lowest BCUT2D eigenvalue weighted by atomic mass is 10.0. The molecule has 0 bridgehead atoms. The molecular weight excluding hydrogens is 401 g/mol. The van der Waals surface area contributed by atoms with Gasteiger partial charge < -0.3 is 20.2 Å². The van der Waals surface area contributed by atoms with Gasteiger partial charge in [-0.25, -0.2) is 4.39 Å². The van der Waals surface area contributed by atoms with E-state index >= 15 is 0 Å². The molecule has 0 spiro atoms. The molecule has 2 aromatic rings. The molecule has 0 aliphatic carbocycles. The Kier molecular flexibility index (Phi) is 6.33. The van der Waals surface area contributed by atoms with Crippen molar-refractivity contribution < 1.29 is 23.6 Å². The first-order chi connectivity index (χ1) is 13.9. The van der Waals surface area contributed by atoms with Gasteiger partial charge in [-0.2, -0.15) is 0 Å². The molecule has 0 saturated heterocycles. The van der Waals surface area contributed by atoms with E-state index in [1.54, 1.807) is 18.2 Å². The molecule has 29 heavy (non-hydrogen) atoms. The van der Waals surface area contributed by atoms with E-state index in [0.717, 1.165) is 0 Å². The summed E-state index contributed by atoms with van der Waals surface area (Å²) in [6.45, 7) is 1.53. The van der Waals surface area contributed by atoms with Gasteiger partial charge in [0.05, 0.1) is 17.8 Å². The first kappa shape index (κ1) is 20.6. The standard InChI is InChI=1S/C20H19ClFN3O4/c1-11(19(26)24-13-5-3-12(22)4-6-13)23-20(27)18-10-17(25-29-18)15-9-14(28-2)7-8-16(15)21/h3-9,11,18H,10H2,1-2H3,(H,23,27)(H,24,26). The van der Waals surface area contributed by atoms with E-state index in [1.165, 1.54) is 38.3 Å². The van der Waals surface area contributed by atoms with Crippen LogP contribution in [-0.4, -0.2) is 36.8 Å². The number of benzene rings is 2. The van der Waals surface area contributed by atoms with Crippen LogP contribution < -0.4 is 15.4 Å². The first-order valence-electron chi connectivity index (χ1n) is 8.81. The van der Waals surface area contributed by atoms with E-state index in [2.05, 4.69) is 15.8 Å². The Labute approximate surface area is 171 Å². The summed E-state index contributed by atoms with van der Waals surface area (Å²) < 4.78 is 18.1. The molecule has 1 heterocycles. The van der Waals surface area contributed by atoms with Gasteiger partial charge in [0.2, 0.25) is 12.0 Å². The van der Waals surface area contributed by atoms with Crippen LogP contribution in [0.1, 0.15) is 18.9 Å². The molecule has 2 N–H and O–H groups in total. The second kappa shape index (κ2) is 8.91. The smallest absolute Gasteiger partial charge is 0.264 e. The number of nitrogens with zero attached hydrogens (tertiary/aromatic N) is 1. The fourth-order valence-electron chi connectivity index (χ4n) is 2.69. The van der Waals surface area contributed by atoms with E-state index in [0.29, 0.717) is 27.7 Å². The zero-order valence-corrected chi connectivity index (χ0v) is 16.5. The Balaban J connectivity index is 1.56. The van der Waals surface area contributed by atoms with E-state index in [4.69, 9.17) is 21.2 Å². The summed E-state index contributed by atoms with van der Waals surface area (Å²) in [6.07, 6.45) is -0.682. The molecule has 2 aromatic carbocycles. The molecule has 1 aliphatic rings. The second-order valence-corrected chi connectivity index (χ2v) is 6.82. The quantitative estimate of drug-likeness (QED) is 0.752. The highest BCUT2D eigenvalue weighted by molar-refractivity contribution is 6.34. The average Bonchev–Trinajstić information content (AvgIpc) is 3.20. The maximum absolute atomic E-state index is 12.9. The number of methoxy groups -OCH3 is 1. The third kappa shape index (κ3) is 5.03. The molecule has 0 radical (unpaired) electrons. The molecule has 0 saturated carbocycles. The van der Waals surface area contributed by atoms with Crippen molar-refractivity contribution in [3.63, 3.8) is 0 Å².